The van der Waals surface area contributed by atoms with Crippen molar-refractivity contribution in [2.45, 2.75) is 25.7 Å². The summed E-state index contributed by atoms with van der Waals surface area (Å²) in [6, 6.07) is 2.70. The van der Waals surface area contributed by atoms with E-state index in [-0.39, 0.29) is 29.1 Å². The van der Waals surface area contributed by atoms with Gasteiger partial charge in [-0.2, -0.15) is 0 Å². The Kier molecular flexibility index (Phi) is 5.08. The molecule has 0 saturated heterocycles. The lowest BCUT2D eigenvalue weighted by atomic mass is 10.4. The number of hydrogen-bond donors (Lipinski definition) is 1. The smallest absolute Gasteiger partial charge is 0.371 e. The van der Waals surface area contributed by atoms with Crippen molar-refractivity contribution in [1.29, 1.82) is 0 Å². The summed E-state index contributed by atoms with van der Waals surface area (Å²) in [4.78, 5) is 21.8. The zero-order valence-corrected chi connectivity index (χ0v) is 10.9. The number of esters is 1. The van der Waals surface area contributed by atoms with E-state index in [9.17, 15) is 13.8 Å². The fourth-order valence-electron chi connectivity index (χ4n) is 1.21. The third kappa shape index (κ3) is 4.70. The van der Waals surface area contributed by atoms with Gasteiger partial charge >= 0.3 is 11.9 Å². The highest BCUT2D eigenvalue weighted by atomic mass is 32.2. The van der Waals surface area contributed by atoms with E-state index in [0.29, 0.717) is 0 Å². The Morgan fingerprint density at radius 1 is 1.44 bits per heavy atom. The molecule has 0 radical (unpaired) electrons. The standard InChI is InChI=1S/C11H14O6S/c1-7(2)16-10(12)6-18(15)5-8-3-4-9(17-8)11(13)14/h3-4,7H,5-6H2,1-2H3,(H,13,14). The molecule has 0 aliphatic rings. The van der Waals surface area contributed by atoms with Crippen molar-refractivity contribution in [2.75, 3.05) is 5.75 Å². The Balaban J connectivity index is 2.49. The minimum atomic E-state index is -1.48. The van der Waals surface area contributed by atoms with E-state index in [4.69, 9.17) is 14.3 Å². The van der Waals surface area contributed by atoms with Crippen molar-refractivity contribution in [2.24, 2.45) is 0 Å². The first-order valence-electron chi connectivity index (χ1n) is 5.25. The molecule has 1 unspecified atom stereocenters. The molecule has 0 bridgehead atoms. The van der Waals surface area contributed by atoms with Crippen LogP contribution in [-0.4, -0.2) is 33.1 Å². The van der Waals surface area contributed by atoms with Gasteiger partial charge in [0.1, 0.15) is 11.5 Å². The lowest BCUT2D eigenvalue weighted by Crippen LogP contribution is -2.18. The number of rotatable bonds is 6. The molecule has 0 fully saturated rings. The second-order valence-electron chi connectivity index (χ2n) is 3.84. The van der Waals surface area contributed by atoms with Gasteiger partial charge in [0, 0.05) is 10.8 Å². The fraction of sp³-hybridized carbons (Fsp3) is 0.455. The molecule has 1 heterocycles. The molecule has 1 aromatic heterocycles. The predicted molar refractivity (Wildman–Crippen MR) is 63.6 cm³/mol. The van der Waals surface area contributed by atoms with Crippen molar-refractivity contribution in [1.82, 2.24) is 0 Å². The molecule has 0 spiro atoms. The summed E-state index contributed by atoms with van der Waals surface area (Å²) in [5, 5.41) is 8.63. The summed E-state index contributed by atoms with van der Waals surface area (Å²) >= 11 is 0. The van der Waals surface area contributed by atoms with Crippen LogP contribution in [-0.2, 0) is 26.1 Å². The molecule has 1 rings (SSSR count). The highest BCUT2D eigenvalue weighted by molar-refractivity contribution is 7.84. The third-order valence-corrected chi connectivity index (χ3v) is 2.99. The van der Waals surface area contributed by atoms with Gasteiger partial charge in [0.2, 0.25) is 5.76 Å². The molecule has 6 nitrogen and oxygen atoms in total. The van der Waals surface area contributed by atoms with Crippen LogP contribution in [0.15, 0.2) is 16.5 Å². The molecule has 1 N–H and O–H groups in total. The number of carbonyl (C=O) groups excluding carboxylic acids is 1. The molecule has 0 saturated carbocycles. The molecule has 0 aliphatic heterocycles. The van der Waals surface area contributed by atoms with Gasteiger partial charge in [-0.15, -0.1) is 0 Å². The maximum Gasteiger partial charge on any atom is 0.371 e. The van der Waals surface area contributed by atoms with E-state index in [2.05, 4.69) is 0 Å². The first-order chi connectivity index (χ1) is 8.38. The van der Waals surface area contributed by atoms with Crippen LogP contribution in [0.2, 0.25) is 0 Å². The van der Waals surface area contributed by atoms with E-state index in [0.717, 1.165) is 0 Å². The molecular weight excluding hydrogens is 260 g/mol. The van der Waals surface area contributed by atoms with Gasteiger partial charge in [0.25, 0.3) is 0 Å². The minimum absolute atomic E-state index is 0.0134. The van der Waals surface area contributed by atoms with Crippen molar-refractivity contribution in [3.05, 3.63) is 23.7 Å². The van der Waals surface area contributed by atoms with Crippen LogP contribution < -0.4 is 0 Å². The topological polar surface area (TPSA) is 93.8 Å². The fourth-order valence-corrected chi connectivity index (χ4v) is 2.11. The molecular formula is C11H14O6S. The predicted octanol–water partition coefficient (Wildman–Crippen LogP) is 1.18. The van der Waals surface area contributed by atoms with Crippen LogP contribution in [0.3, 0.4) is 0 Å². The van der Waals surface area contributed by atoms with E-state index in [1.165, 1.54) is 12.1 Å². The summed E-state index contributed by atoms with van der Waals surface area (Å²) in [5.41, 5.74) is 0. The van der Waals surface area contributed by atoms with Crippen molar-refractivity contribution in [3.63, 3.8) is 0 Å². The summed E-state index contributed by atoms with van der Waals surface area (Å²) in [5.74, 6) is -1.93. The number of carboxylic acids is 1. The maximum atomic E-state index is 11.6. The van der Waals surface area contributed by atoms with Gasteiger partial charge < -0.3 is 14.3 Å². The number of carboxylic acid groups (broad SMARTS) is 1. The van der Waals surface area contributed by atoms with Crippen LogP contribution in [0.25, 0.3) is 0 Å². The summed E-state index contributed by atoms with van der Waals surface area (Å²) in [7, 11) is -1.48. The van der Waals surface area contributed by atoms with Crippen molar-refractivity contribution in [3.8, 4) is 0 Å². The van der Waals surface area contributed by atoms with E-state index < -0.39 is 22.7 Å². The molecule has 1 aromatic rings. The van der Waals surface area contributed by atoms with Gasteiger partial charge in [-0.25, -0.2) is 4.79 Å². The van der Waals surface area contributed by atoms with Crippen LogP contribution in [0.4, 0.5) is 0 Å². The Morgan fingerprint density at radius 3 is 2.61 bits per heavy atom. The Hall–Kier alpha value is -1.63. The highest BCUT2D eigenvalue weighted by Gasteiger charge is 2.15. The molecule has 1 atom stereocenters. The van der Waals surface area contributed by atoms with Crippen LogP contribution in [0.5, 0.6) is 0 Å². The SMILES string of the molecule is CC(C)OC(=O)CS(=O)Cc1ccc(C(=O)O)o1. The van der Waals surface area contributed by atoms with Gasteiger partial charge in [-0.3, -0.25) is 9.00 Å². The monoisotopic (exact) mass is 274 g/mol. The Labute approximate surface area is 106 Å². The zero-order valence-electron chi connectivity index (χ0n) is 10.0. The third-order valence-electron chi connectivity index (χ3n) is 1.82. The maximum absolute atomic E-state index is 11.6. The van der Waals surface area contributed by atoms with E-state index in [1.807, 2.05) is 0 Å². The quantitative estimate of drug-likeness (QED) is 0.783. The first-order valence-corrected chi connectivity index (χ1v) is 6.73. The molecule has 18 heavy (non-hydrogen) atoms. The molecule has 0 aromatic carbocycles. The summed E-state index contributed by atoms with van der Waals surface area (Å²) < 4.78 is 21.4. The summed E-state index contributed by atoms with van der Waals surface area (Å²) in [6.45, 7) is 3.40. The minimum Gasteiger partial charge on any atom is -0.475 e. The van der Waals surface area contributed by atoms with Crippen LogP contribution >= 0.6 is 0 Å². The number of aromatic carboxylic acids is 1. The second kappa shape index (κ2) is 6.34. The molecule has 100 valence electrons. The van der Waals surface area contributed by atoms with Gasteiger partial charge in [0.15, 0.2) is 0 Å². The lowest BCUT2D eigenvalue weighted by molar-refractivity contribution is -0.144. The number of ether oxygens (including phenoxy) is 1. The van der Waals surface area contributed by atoms with E-state index in [1.54, 1.807) is 13.8 Å². The van der Waals surface area contributed by atoms with Gasteiger partial charge in [-0.05, 0) is 26.0 Å². The Bertz CT molecular complexity index is 462. The van der Waals surface area contributed by atoms with Crippen molar-refractivity contribution >= 4 is 22.7 Å². The van der Waals surface area contributed by atoms with Crippen LogP contribution in [0.1, 0.15) is 30.2 Å². The number of carbonyl (C=O) groups is 2. The average Bonchev–Trinajstić information content (AvgIpc) is 2.63. The summed E-state index contributed by atoms with van der Waals surface area (Å²) in [6.07, 6.45) is -0.253. The van der Waals surface area contributed by atoms with E-state index >= 15 is 0 Å². The van der Waals surface area contributed by atoms with Gasteiger partial charge in [-0.1, -0.05) is 0 Å². The highest BCUT2D eigenvalue weighted by Crippen LogP contribution is 2.10. The molecule has 7 heteroatoms. The van der Waals surface area contributed by atoms with Crippen molar-refractivity contribution < 1.29 is 28.1 Å². The van der Waals surface area contributed by atoms with Gasteiger partial charge in [0.05, 0.1) is 11.9 Å². The molecule has 0 aliphatic carbocycles. The molecule has 0 amide bonds. The first kappa shape index (κ1) is 14.4. The lowest BCUT2D eigenvalue weighted by Gasteiger charge is -2.06. The second-order valence-corrected chi connectivity index (χ2v) is 5.30. The largest absolute Gasteiger partial charge is 0.475 e. The zero-order chi connectivity index (χ0) is 13.7. The number of hydrogen-bond acceptors (Lipinski definition) is 5. The Morgan fingerprint density at radius 2 is 2.11 bits per heavy atom. The normalized spacial score (nSPS) is 12.4. The average molecular weight is 274 g/mol. The van der Waals surface area contributed by atoms with Crippen LogP contribution in [0, 0.1) is 0 Å². The number of furan rings is 1.